The molecule has 0 atom stereocenters. The predicted molar refractivity (Wildman–Crippen MR) is 167 cm³/mol. The van der Waals surface area contributed by atoms with E-state index in [1.165, 1.54) is 0 Å². The number of hydrogen-bond acceptors (Lipinski definition) is 4. The maximum atomic E-state index is 9.85. The minimum absolute atomic E-state index is 0.183. The number of phenols is 3. The van der Waals surface area contributed by atoms with Gasteiger partial charge in [0.1, 0.15) is 17.2 Å². The molecule has 190 valence electrons. The molecule has 0 amide bonds. The minimum Gasteiger partial charge on any atom is -0.506 e. The molecule has 0 spiro atoms. The van der Waals surface area contributed by atoms with Gasteiger partial charge >= 0.3 is 4.70 Å². The van der Waals surface area contributed by atoms with Crippen LogP contribution >= 0.6 is 135 Å². The normalized spacial score (nSPS) is 10.6. The smallest absolute Gasteiger partial charge is 0.313 e. The molecule has 35 heavy (non-hydrogen) atoms. The van der Waals surface area contributed by atoms with Crippen LogP contribution in [0.2, 0.25) is 0 Å². The molecule has 0 aliphatic carbocycles. The van der Waals surface area contributed by atoms with Gasteiger partial charge in [0.15, 0.2) is 0 Å². The second-order valence-corrected chi connectivity index (χ2v) is 14.1. The standard InChI is InChI=1S/C15H12Br4O2.C6H3Br3O.CCl2O/c1-15(2,7-3-9(16)13(20)10(17)4-7)8-5-11(18)14(21)12(19)6-8;7-3-1-4(8)6(10)5(9)2-3;2-1(3)4/h3-6,20-21H,1-2H3;1-2,10H;. The second kappa shape index (κ2) is 14.7. The van der Waals surface area contributed by atoms with E-state index >= 15 is 0 Å². The zero-order chi connectivity index (χ0) is 27.2. The molecule has 3 aromatic carbocycles. The average Bonchev–Trinajstić information content (AvgIpc) is 2.73. The van der Waals surface area contributed by atoms with E-state index in [2.05, 4.69) is 149 Å². The largest absolute Gasteiger partial charge is 0.506 e. The van der Waals surface area contributed by atoms with Crippen LogP contribution in [0, 0.1) is 0 Å². The topological polar surface area (TPSA) is 77.8 Å². The Labute approximate surface area is 271 Å². The van der Waals surface area contributed by atoms with Gasteiger partial charge in [-0.15, -0.1) is 0 Å². The third-order valence-corrected chi connectivity index (χ3v) is 8.54. The van der Waals surface area contributed by atoms with Gasteiger partial charge in [0.2, 0.25) is 0 Å². The van der Waals surface area contributed by atoms with Gasteiger partial charge in [0.05, 0.1) is 26.8 Å². The Balaban J connectivity index is 0.000000362. The van der Waals surface area contributed by atoms with Crippen molar-refractivity contribution < 1.29 is 20.1 Å². The highest BCUT2D eigenvalue weighted by atomic mass is 79.9. The van der Waals surface area contributed by atoms with Crippen molar-refractivity contribution in [3.8, 4) is 17.2 Å². The first kappa shape index (κ1) is 33.7. The first-order valence-corrected chi connectivity index (χ1v) is 15.3. The Kier molecular flexibility index (Phi) is 14.2. The molecule has 0 aliphatic heterocycles. The fourth-order valence-corrected chi connectivity index (χ4v) is 7.19. The molecule has 0 aromatic heterocycles. The third-order valence-electron chi connectivity index (χ3n) is 4.46. The lowest BCUT2D eigenvalue weighted by molar-refractivity contribution is 0.275. The monoisotopic (exact) mass is 965 g/mol. The molecule has 0 unspecified atom stereocenters. The van der Waals surface area contributed by atoms with Crippen LogP contribution in [0.5, 0.6) is 17.2 Å². The summed E-state index contributed by atoms with van der Waals surface area (Å²) < 4.78 is 3.92. The summed E-state index contributed by atoms with van der Waals surface area (Å²) in [5, 5.41) is 28.9. The van der Waals surface area contributed by atoms with Gasteiger partial charge in [-0.1, -0.05) is 29.8 Å². The summed E-state index contributed by atoms with van der Waals surface area (Å²) in [6, 6.07) is 11.1. The van der Waals surface area contributed by atoms with Crippen LogP contribution in [-0.4, -0.2) is 20.0 Å². The van der Waals surface area contributed by atoms with Crippen molar-refractivity contribution in [2.45, 2.75) is 19.3 Å². The molecular formula is C22H15Br7Cl2O4. The number of rotatable bonds is 2. The summed E-state index contributed by atoms with van der Waals surface area (Å²) in [5.74, 6) is 0.591. The molecule has 0 saturated heterocycles. The van der Waals surface area contributed by atoms with Gasteiger partial charge in [-0.2, -0.15) is 0 Å². The zero-order valence-electron chi connectivity index (χ0n) is 17.6. The molecule has 4 nitrogen and oxygen atoms in total. The highest BCUT2D eigenvalue weighted by molar-refractivity contribution is 9.12. The van der Waals surface area contributed by atoms with Crippen LogP contribution in [0.25, 0.3) is 0 Å². The highest BCUT2D eigenvalue weighted by Crippen LogP contribution is 2.43. The Morgan fingerprint density at radius 1 is 0.600 bits per heavy atom. The second-order valence-electron chi connectivity index (χ2n) is 7.15. The number of phenolic OH excluding ortho intramolecular Hbond substituents is 3. The molecule has 0 heterocycles. The van der Waals surface area contributed by atoms with Crippen molar-refractivity contribution in [1.29, 1.82) is 0 Å². The number of benzene rings is 3. The van der Waals surface area contributed by atoms with Crippen LogP contribution in [0.4, 0.5) is 4.79 Å². The minimum atomic E-state index is -0.889. The van der Waals surface area contributed by atoms with E-state index < -0.39 is 4.70 Å². The van der Waals surface area contributed by atoms with Crippen LogP contribution < -0.4 is 0 Å². The Morgan fingerprint density at radius 2 is 0.800 bits per heavy atom. The van der Waals surface area contributed by atoms with E-state index in [9.17, 15) is 15.3 Å². The van der Waals surface area contributed by atoms with E-state index in [0.717, 1.165) is 15.6 Å². The molecule has 3 rings (SSSR count). The van der Waals surface area contributed by atoms with Crippen LogP contribution in [0.3, 0.4) is 0 Å². The summed E-state index contributed by atoms with van der Waals surface area (Å²) in [7, 11) is 0. The Bertz CT molecular complexity index is 1100. The summed E-state index contributed by atoms with van der Waals surface area (Å²) >= 11 is 31.9. The lowest BCUT2D eigenvalue weighted by Crippen LogP contribution is -2.19. The molecule has 3 aromatic rings. The Hall–Kier alpha value is 0.670. The van der Waals surface area contributed by atoms with Gasteiger partial charge in [-0.25, -0.2) is 0 Å². The van der Waals surface area contributed by atoms with E-state index in [1.54, 1.807) is 12.1 Å². The van der Waals surface area contributed by atoms with Gasteiger partial charge in [0, 0.05) is 9.89 Å². The molecule has 3 N–H and O–H groups in total. The van der Waals surface area contributed by atoms with Crippen molar-refractivity contribution in [1.82, 2.24) is 0 Å². The molecule has 0 fully saturated rings. The summed E-state index contributed by atoms with van der Waals surface area (Å²) in [6.45, 7) is 4.17. The maximum Gasteiger partial charge on any atom is 0.313 e. The number of aromatic hydroxyl groups is 3. The lowest BCUT2D eigenvalue weighted by Gasteiger charge is -2.27. The molecular weight excluding hydrogens is 958 g/mol. The molecule has 0 radical (unpaired) electrons. The van der Waals surface area contributed by atoms with Crippen molar-refractivity contribution in [2.24, 2.45) is 0 Å². The average molecular weight is 974 g/mol. The van der Waals surface area contributed by atoms with Crippen molar-refractivity contribution in [3.05, 3.63) is 78.8 Å². The first-order chi connectivity index (χ1) is 16.0. The van der Waals surface area contributed by atoms with Crippen LogP contribution in [-0.2, 0) is 5.41 Å². The maximum absolute atomic E-state index is 9.85. The predicted octanol–water partition coefficient (Wildman–Crippen LogP) is 11.7. The molecule has 0 bridgehead atoms. The van der Waals surface area contributed by atoms with E-state index in [1.807, 2.05) is 24.3 Å². The van der Waals surface area contributed by atoms with Crippen molar-refractivity contribution >= 4 is 139 Å². The highest BCUT2D eigenvalue weighted by Gasteiger charge is 2.26. The quantitative estimate of drug-likeness (QED) is 0.224. The number of hydrogen-bond donors (Lipinski definition) is 3. The summed E-state index contributed by atoms with van der Waals surface area (Å²) in [5.41, 5.74) is 1.75. The first-order valence-electron chi connectivity index (χ1n) is 9.04. The number of halogens is 9. The van der Waals surface area contributed by atoms with Crippen LogP contribution in [0.15, 0.2) is 67.7 Å². The van der Waals surface area contributed by atoms with Crippen molar-refractivity contribution in [3.63, 3.8) is 0 Å². The SMILES string of the molecule is CC(C)(c1cc(Br)c(O)c(Br)c1)c1cc(Br)c(O)c(Br)c1.O=C(Cl)Cl.Oc1c(Br)cc(Br)cc1Br. The van der Waals surface area contributed by atoms with Crippen molar-refractivity contribution in [2.75, 3.05) is 0 Å². The van der Waals surface area contributed by atoms with Crippen LogP contribution in [0.1, 0.15) is 25.0 Å². The summed E-state index contributed by atoms with van der Waals surface area (Å²) in [6.07, 6.45) is 0. The Morgan fingerprint density at radius 3 is 1.03 bits per heavy atom. The van der Waals surface area contributed by atoms with E-state index in [-0.39, 0.29) is 22.7 Å². The van der Waals surface area contributed by atoms with E-state index in [0.29, 0.717) is 26.8 Å². The third kappa shape index (κ3) is 10.1. The molecule has 13 heteroatoms. The van der Waals surface area contributed by atoms with Gasteiger partial charge in [0.25, 0.3) is 0 Å². The number of carbonyl (C=O) groups is 1. The van der Waals surface area contributed by atoms with Gasteiger partial charge in [-0.05, 0) is 166 Å². The lowest BCUT2D eigenvalue weighted by atomic mass is 9.78. The summed E-state index contributed by atoms with van der Waals surface area (Å²) in [4.78, 5) is 8.98. The fraction of sp³-hybridized carbons (Fsp3) is 0.136. The zero-order valence-corrected chi connectivity index (χ0v) is 30.2. The van der Waals surface area contributed by atoms with E-state index in [4.69, 9.17) is 4.79 Å². The molecule has 0 aliphatic rings. The van der Waals surface area contributed by atoms with Gasteiger partial charge < -0.3 is 15.3 Å². The molecule has 0 saturated carbocycles. The fourth-order valence-electron chi connectivity index (χ4n) is 2.55. The number of carbonyl (C=O) groups excluding carboxylic acids is 1. The van der Waals surface area contributed by atoms with Gasteiger partial charge in [-0.3, -0.25) is 4.79 Å².